The van der Waals surface area contributed by atoms with Gasteiger partial charge in [-0.05, 0) is 23.8 Å². The summed E-state index contributed by atoms with van der Waals surface area (Å²) in [5, 5.41) is 4.21. The molecule has 0 aliphatic carbocycles. The lowest BCUT2D eigenvalue weighted by molar-refractivity contribution is -0.374. The summed E-state index contributed by atoms with van der Waals surface area (Å²) in [7, 11) is 0. The lowest BCUT2D eigenvalue weighted by atomic mass is 10.1. The molecule has 0 aromatic heterocycles. The van der Waals surface area contributed by atoms with Crippen molar-refractivity contribution in [1.82, 2.24) is 0 Å². The van der Waals surface area contributed by atoms with Gasteiger partial charge in [0.2, 0.25) is 0 Å². The van der Waals surface area contributed by atoms with Crippen molar-refractivity contribution in [3.8, 4) is 0 Å². The van der Waals surface area contributed by atoms with E-state index in [1.54, 1.807) is 18.2 Å². The second-order valence-corrected chi connectivity index (χ2v) is 6.06. The third-order valence-electron chi connectivity index (χ3n) is 3.35. The number of anilines is 2. The lowest BCUT2D eigenvalue weighted by Gasteiger charge is -2.14. The van der Waals surface area contributed by atoms with Gasteiger partial charge in [0.15, 0.2) is 0 Å². The van der Waals surface area contributed by atoms with Gasteiger partial charge in [-0.1, -0.05) is 47.5 Å². The van der Waals surface area contributed by atoms with Gasteiger partial charge >= 0.3 is 5.97 Å². The summed E-state index contributed by atoms with van der Waals surface area (Å²) >= 11 is 12.4. The lowest BCUT2D eigenvalue weighted by Crippen LogP contribution is -2.52. The highest BCUT2D eigenvalue weighted by Gasteiger charge is 2.12. The van der Waals surface area contributed by atoms with Crippen molar-refractivity contribution in [2.24, 2.45) is 0 Å². The number of quaternary nitrogens is 1. The van der Waals surface area contributed by atoms with E-state index in [1.165, 1.54) is 0 Å². The predicted octanol–water partition coefficient (Wildman–Crippen LogP) is 3.08. The maximum atomic E-state index is 12.0. The summed E-state index contributed by atoms with van der Waals surface area (Å²) in [6, 6.07) is 12.7. The fourth-order valence-corrected chi connectivity index (χ4v) is 2.67. The number of benzene rings is 2. The molecule has 2 rings (SSSR count). The maximum Gasteiger partial charge on any atom is 0.310 e. The van der Waals surface area contributed by atoms with Crippen molar-refractivity contribution in [2.45, 2.75) is 6.42 Å². The summed E-state index contributed by atoms with van der Waals surface area (Å²) in [5.41, 5.74) is 5.82. The smallest absolute Gasteiger partial charge is 0.310 e. The van der Waals surface area contributed by atoms with E-state index >= 15 is 0 Å². The molecule has 0 aliphatic heterocycles. The number of carbonyl (C=O) groups is 1. The molecule has 0 spiro atoms. The molecular weight excluding hydrogens is 363 g/mol. The Morgan fingerprint density at radius 3 is 2.44 bits per heavy atom. The number of para-hydroxylation sites is 2. The van der Waals surface area contributed by atoms with Crippen LogP contribution in [0.2, 0.25) is 10.0 Å². The fourth-order valence-electron chi connectivity index (χ4n) is 2.17. The molecule has 0 saturated carbocycles. The van der Waals surface area contributed by atoms with Crippen LogP contribution in [-0.4, -0.2) is 32.3 Å². The van der Waals surface area contributed by atoms with Crippen molar-refractivity contribution < 1.29 is 20.0 Å². The molecule has 0 saturated heterocycles. The Hall–Kier alpha value is -1.79. The second kappa shape index (κ2) is 10.3. The Labute approximate surface area is 157 Å². The van der Waals surface area contributed by atoms with Gasteiger partial charge < -0.3 is 20.5 Å². The monoisotopic (exact) mass is 383 g/mol. The largest absolute Gasteiger partial charge is 0.463 e. The minimum absolute atomic E-state index is 0.139. The van der Waals surface area contributed by atoms with E-state index in [0.717, 1.165) is 11.3 Å². The quantitative estimate of drug-likeness (QED) is 0.515. The molecule has 0 amide bonds. The molecule has 0 bridgehead atoms. The van der Waals surface area contributed by atoms with Gasteiger partial charge in [0.25, 0.3) is 0 Å². The summed E-state index contributed by atoms with van der Waals surface area (Å²) in [4.78, 5) is 12.0. The Kier molecular flexibility index (Phi) is 8.01. The summed E-state index contributed by atoms with van der Waals surface area (Å²) in [5.74, 6) is -0.322. The number of halogens is 2. The van der Waals surface area contributed by atoms with Crippen LogP contribution in [0, 0.1) is 0 Å². The van der Waals surface area contributed by atoms with Crippen molar-refractivity contribution in [3.63, 3.8) is 0 Å². The Morgan fingerprint density at radius 1 is 1.00 bits per heavy atom. The average molecular weight is 384 g/mol. The highest BCUT2D eigenvalue weighted by Crippen LogP contribution is 2.33. The van der Waals surface area contributed by atoms with Crippen LogP contribution in [0.15, 0.2) is 42.5 Å². The van der Waals surface area contributed by atoms with Gasteiger partial charge in [0.05, 0.1) is 41.9 Å². The molecule has 0 unspecified atom stereocenters. The van der Waals surface area contributed by atoms with Crippen molar-refractivity contribution in [1.29, 1.82) is 0 Å². The zero-order valence-corrected chi connectivity index (χ0v) is 15.3. The summed E-state index contributed by atoms with van der Waals surface area (Å²) in [6.45, 7) is 1.85. The van der Waals surface area contributed by atoms with Crippen LogP contribution in [0.25, 0.3) is 0 Å². The predicted molar refractivity (Wildman–Crippen MR) is 99.4 cm³/mol. The van der Waals surface area contributed by atoms with Crippen molar-refractivity contribution >= 4 is 40.5 Å². The molecule has 134 valence electrons. The molecule has 4 N–H and O–H groups in total. The highest BCUT2D eigenvalue weighted by atomic mass is 35.5. The number of ether oxygens (including phenoxy) is 2. The highest BCUT2D eigenvalue weighted by molar-refractivity contribution is 6.39. The van der Waals surface area contributed by atoms with Crippen molar-refractivity contribution in [2.75, 3.05) is 31.7 Å². The fraction of sp³-hybridized carbons (Fsp3) is 0.278. The molecule has 2 aromatic carbocycles. The van der Waals surface area contributed by atoms with E-state index in [4.69, 9.17) is 32.7 Å². The summed E-state index contributed by atoms with van der Waals surface area (Å²) < 4.78 is 10.4. The number of hydrogen-bond donors (Lipinski definition) is 2. The van der Waals surface area contributed by atoms with E-state index in [-0.39, 0.29) is 19.0 Å². The Bertz CT molecular complexity index is 690. The van der Waals surface area contributed by atoms with Gasteiger partial charge in [-0.25, -0.2) is 0 Å². The van der Waals surface area contributed by atoms with Crippen LogP contribution in [-0.2, 0) is 20.7 Å². The van der Waals surface area contributed by atoms with E-state index in [1.807, 2.05) is 24.3 Å². The number of esters is 1. The van der Waals surface area contributed by atoms with Gasteiger partial charge in [-0.2, -0.15) is 0 Å². The maximum absolute atomic E-state index is 12.0. The standard InChI is InChI=1S/C18H20Cl2N2O3/c19-14-5-3-6-15(20)18(14)22-16-7-2-1-4-13(16)12-17(23)25-11-10-24-9-8-21/h1-7,22H,8-12,21H2/p+1. The molecule has 0 atom stereocenters. The first kappa shape index (κ1) is 19.5. The molecule has 5 nitrogen and oxygen atoms in total. The Balaban J connectivity index is 1.99. The zero-order valence-electron chi connectivity index (χ0n) is 13.8. The van der Waals surface area contributed by atoms with Crippen LogP contribution >= 0.6 is 23.2 Å². The van der Waals surface area contributed by atoms with Crippen molar-refractivity contribution in [3.05, 3.63) is 58.1 Å². The van der Waals surface area contributed by atoms with Crippen LogP contribution in [0.5, 0.6) is 0 Å². The summed E-state index contributed by atoms with van der Waals surface area (Å²) in [6.07, 6.45) is 0.139. The molecule has 0 heterocycles. The SMILES string of the molecule is [NH3+]CCOCCOC(=O)Cc1ccccc1Nc1c(Cl)cccc1Cl. The van der Waals surface area contributed by atoms with Gasteiger partial charge in [-0.3, -0.25) is 4.79 Å². The van der Waals surface area contributed by atoms with Crippen LogP contribution in [0.4, 0.5) is 11.4 Å². The molecule has 0 radical (unpaired) electrons. The van der Waals surface area contributed by atoms with Gasteiger partial charge in [0, 0.05) is 5.69 Å². The van der Waals surface area contributed by atoms with Crippen LogP contribution in [0.3, 0.4) is 0 Å². The minimum atomic E-state index is -0.322. The first-order chi connectivity index (χ1) is 12.1. The average Bonchev–Trinajstić information content (AvgIpc) is 2.59. The van der Waals surface area contributed by atoms with E-state index in [2.05, 4.69) is 11.1 Å². The van der Waals surface area contributed by atoms with E-state index in [0.29, 0.717) is 35.5 Å². The molecule has 7 heteroatoms. The number of carbonyl (C=O) groups excluding carboxylic acids is 1. The third-order valence-corrected chi connectivity index (χ3v) is 3.98. The molecule has 25 heavy (non-hydrogen) atoms. The first-order valence-corrected chi connectivity index (χ1v) is 8.69. The van der Waals surface area contributed by atoms with Gasteiger partial charge in [0.1, 0.15) is 6.61 Å². The third kappa shape index (κ3) is 6.21. The normalized spacial score (nSPS) is 10.5. The molecule has 0 fully saturated rings. The van der Waals surface area contributed by atoms with E-state index < -0.39 is 0 Å². The first-order valence-electron chi connectivity index (χ1n) is 7.93. The number of rotatable bonds is 9. The molecule has 2 aromatic rings. The molecule has 0 aliphatic rings. The van der Waals surface area contributed by atoms with Crippen LogP contribution < -0.4 is 11.1 Å². The second-order valence-electron chi connectivity index (χ2n) is 5.24. The number of hydrogen-bond acceptors (Lipinski definition) is 4. The minimum Gasteiger partial charge on any atom is -0.463 e. The van der Waals surface area contributed by atoms with Gasteiger partial charge in [-0.15, -0.1) is 0 Å². The topological polar surface area (TPSA) is 75.2 Å². The Morgan fingerprint density at radius 2 is 1.72 bits per heavy atom. The van der Waals surface area contributed by atoms with Crippen LogP contribution in [0.1, 0.15) is 5.56 Å². The number of nitrogens with one attached hydrogen (secondary N) is 1. The molecular formula is C18H21Cl2N2O3+. The van der Waals surface area contributed by atoms with E-state index in [9.17, 15) is 4.79 Å². The zero-order chi connectivity index (χ0) is 18.1.